The molecule has 21 heavy (non-hydrogen) atoms. The number of nitrogens with zero attached hydrogens (tertiary/aromatic N) is 4. The maximum Gasteiger partial charge on any atom is 0.273 e. The van der Waals surface area contributed by atoms with E-state index in [-0.39, 0.29) is 5.91 Å². The highest BCUT2D eigenvalue weighted by Crippen LogP contribution is 2.15. The summed E-state index contributed by atoms with van der Waals surface area (Å²) in [7, 11) is 1.84. The van der Waals surface area contributed by atoms with Crippen LogP contribution in [0.25, 0.3) is 0 Å². The van der Waals surface area contributed by atoms with Gasteiger partial charge in [0, 0.05) is 45.1 Å². The molecule has 1 amide bonds. The first kappa shape index (κ1) is 13.8. The molecule has 110 valence electrons. The molecule has 2 aromatic rings. The number of imidazole rings is 1. The minimum Gasteiger partial charge on any atom is -0.340 e. The van der Waals surface area contributed by atoms with E-state index < -0.39 is 0 Å². The topological polar surface area (TPSA) is 51.0 Å². The minimum atomic E-state index is 0.00551. The molecular formula is C16H20N4O. The second kappa shape index (κ2) is 6.08. The van der Waals surface area contributed by atoms with E-state index in [1.807, 2.05) is 25.4 Å². The van der Waals surface area contributed by atoms with Crippen LogP contribution in [0.3, 0.4) is 0 Å². The van der Waals surface area contributed by atoms with E-state index in [1.54, 1.807) is 17.3 Å². The Morgan fingerprint density at radius 1 is 1.33 bits per heavy atom. The summed E-state index contributed by atoms with van der Waals surface area (Å²) in [5.74, 6) is 1.05. The molecule has 5 nitrogen and oxygen atoms in total. The van der Waals surface area contributed by atoms with Crippen molar-refractivity contribution >= 4 is 5.91 Å². The Bertz CT molecular complexity index is 597. The standard InChI is InChI=1S/C16H20N4O/c1-19(11-7-13-5-8-17-9-6-13)16(21)14-12-20-10-3-2-4-15(20)18-14/h5-6,8-9,12H,2-4,7,10-11H2,1H3. The highest BCUT2D eigenvalue weighted by Gasteiger charge is 2.19. The Kier molecular flexibility index (Phi) is 3.99. The monoisotopic (exact) mass is 284 g/mol. The lowest BCUT2D eigenvalue weighted by Crippen LogP contribution is -2.29. The van der Waals surface area contributed by atoms with Gasteiger partial charge in [-0.2, -0.15) is 0 Å². The number of carbonyl (C=O) groups excluding carboxylic acids is 1. The van der Waals surface area contributed by atoms with E-state index in [4.69, 9.17) is 0 Å². The van der Waals surface area contributed by atoms with Gasteiger partial charge in [0.1, 0.15) is 11.5 Å². The average Bonchev–Trinajstić information content (AvgIpc) is 2.97. The second-order valence-corrected chi connectivity index (χ2v) is 5.53. The van der Waals surface area contributed by atoms with Gasteiger partial charge in [0.15, 0.2) is 0 Å². The van der Waals surface area contributed by atoms with Crippen LogP contribution in [0, 0.1) is 0 Å². The minimum absolute atomic E-state index is 0.00551. The summed E-state index contributed by atoms with van der Waals surface area (Å²) in [4.78, 5) is 22.7. The number of hydrogen-bond acceptors (Lipinski definition) is 3. The summed E-state index contributed by atoms with van der Waals surface area (Å²) in [5.41, 5.74) is 1.76. The number of pyridine rings is 1. The van der Waals surface area contributed by atoms with Gasteiger partial charge >= 0.3 is 0 Å². The molecule has 3 heterocycles. The van der Waals surface area contributed by atoms with Gasteiger partial charge in [-0.25, -0.2) is 4.98 Å². The molecule has 0 atom stereocenters. The first-order chi connectivity index (χ1) is 10.2. The number of fused-ring (bicyclic) bond motifs is 1. The smallest absolute Gasteiger partial charge is 0.273 e. The van der Waals surface area contributed by atoms with Crippen molar-refractivity contribution in [1.29, 1.82) is 0 Å². The highest BCUT2D eigenvalue weighted by atomic mass is 16.2. The summed E-state index contributed by atoms with van der Waals surface area (Å²) in [6, 6.07) is 3.96. The molecule has 1 aliphatic rings. The predicted molar refractivity (Wildman–Crippen MR) is 80.1 cm³/mol. The third-order valence-corrected chi connectivity index (χ3v) is 3.96. The lowest BCUT2D eigenvalue weighted by atomic mass is 10.2. The first-order valence-electron chi connectivity index (χ1n) is 7.44. The van der Waals surface area contributed by atoms with Crippen LogP contribution in [0.4, 0.5) is 0 Å². The highest BCUT2D eigenvalue weighted by molar-refractivity contribution is 5.92. The van der Waals surface area contributed by atoms with Crippen LogP contribution in [-0.2, 0) is 19.4 Å². The molecule has 0 unspecified atom stereocenters. The molecule has 0 aromatic carbocycles. The number of likely N-dealkylation sites (N-methyl/N-ethyl adjacent to an activating group) is 1. The van der Waals surface area contributed by atoms with E-state index in [2.05, 4.69) is 14.5 Å². The molecule has 1 aliphatic heterocycles. The quantitative estimate of drug-likeness (QED) is 0.862. The molecule has 0 saturated carbocycles. The first-order valence-corrected chi connectivity index (χ1v) is 7.44. The molecule has 0 saturated heterocycles. The Labute approximate surface area is 124 Å². The second-order valence-electron chi connectivity index (χ2n) is 5.53. The molecule has 2 aromatic heterocycles. The number of hydrogen-bond donors (Lipinski definition) is 0. The summed E-state index contributed by atoms with van der Waals surface area (Å²) in [6.45, 7) is 1.67. The van der Waals surface area contributed by atoms with Gasteiger partial charge < -0.3 is 9.47 Å². The lowest BCUT2D eigenvalue weighted by Gasteiger charge is -2.15. The molecule has 0 N–H and O–H groups in total. The maximum absolute atomic E-state index is 12.4. The zero-order valence-corrected chi connectivity index (χ0v) is 12.3. The van der Waals surface area contributed by atoms with Crippen LogP contribution in [0.15, 0.2) is 30.7 Å². The zero-order chi connectivity index (χ0) is 14.7. The van der Waals surface area contributed by atoms with E-state index in [0.29, 0.717) is 12.2 Å². The van der Waals surface area contributed by atoms with Gasteiger partial charge in [0.25, 0.3) is 5.91 Å². The lowest BCUT2D eigenvalue weighted by molar-refractivity contribution is 0.0791. The fourth-order valence-electron chi connectivity index (χ4n) is 2.66. The van der Waals surface area contributed by atoms with Crippen molar-refractivity contribution in [2.75, 3.05) is 13.6 Å². The Balaban J connectivity index is 1.63. The number of aromatic nitrogens is 3. The summed E-state index contributed by atoms with van der Waals surface area (Å²) >= 11 is 0. The van der Waals surface area contributed by atoms with Crippen molar-refractivity contribution in [2.45, 2.75) is 32.2 Å². The maximum atomic E-state index is 12.4. The van der Waals surface area contributed by atoms with E-state index in [0.717, 1.165) is 25.2 Å². The van der Waals surface area contributed by atoms with Crippen LogP contribution in [0.2, 0.25) is 0 Å². The van der Waals surface area contributed by atoms with Crippen LogP contribution in [0.5, 0.6) is 0 Å². The van der Waals surface area contributed by atoms with Gasteiger partial charge in [-0.05, 0) is 37.0 Å². The number of amides is 1. The SMILES string of the molecule is CN(CCc1ccncc1)C(=O)c1cn2c(n1)CCCC2. The van der Waals surface area contributed by atoms with Gasteiger partial charge in [-0.1, -0.05) is 0 Å². The Morgan fingerprint density at radius 3 is 2.90 bits per heavy atom. The van der Waals surface area contributed by atoms with Crippen molar-refractivity contribution in [2.24, 2.45) is 0 Å². The average molecular weight is 284 g/mol. The number of rotatable bonds is 4. The predicted octanol–water partition coefficient (Wildman–Crippen LogP) is 1.93. The molecular weight excluding hydrogens is 264 g/mol. The summed E-state index contributed by atoms with van der Waals surface area (Å²) in [5, 5.41) is 0. The molecule has 5 heteroatoms. The summed E-state index contributed by atoms with van der Waals surface area (Å²) < 4.78 is 2.12. The largest absolute Gasteiger partial charge is 0.340 e. The third-order valence-electron chi connectivity index (χ3n) is 3.96. The molecule has 0 aliphatic carbocycles. The molecule has 0 bridgehead atoms. The van der Waals surface area contributed by atoms with E-state index >= 15 is 0 Å². The Hall–Kier alpha value is -2.17. The van der Waals surface area contributed by atoms with Crippen molar-refractivity contribution in [1.82, 2.24) is 19.4 Å². The molecule has 0 spiro atoms. The van der Waals surface area contributed by atoms with Crippen LogP contribution < -0.4 is 0 Å². The number of aryl methyl sites for hydroxylation is 2. The van der Waals surface area contributed by atoms with Crippen molar-refractivity contribution in [3.05, 3.63) is 47.8 Å². The molecule has 0 radical (unpaired) electrons. The van der Waals surface area contributed by atoms with Crippen LogP contribution >= 0.6 is 0 Å². The zero-order valence-electron chi connectivity index (χ0n) is 12.3. The van der Waals surface area contributed by atoms with Gasteiger partial charge in [0.05, 0.1) is 0 Å². The van der Waals surface area contributed by atoms with Crippen LogP contribution in [0.1, 0.15) is 34.7 Å². The van der Waals surface area contributed by atoms with Gasteiger partial charge in [-0.3, -0.25) is 9.78 Å². The molecule has 0 fully saturated rings. The number of carbonyl (C=O) groups is 1. The van der Waals surface area contributed by atoms with E-state index in [1.165, 1.54) is 18.4 Å². The Morgan fingerprint density at radius 2 is 2.14 bits per heavy atom. The summed E-state index contributed by atoms with van der Waals surface area (Å²) in [6.07, 6.45) is 9.62. The van der Waals surface area contributed by atoms with Gasteiger partial charge in [0.2, 0.25) is 0 Å². The third kappa shape index (κ3) is 3.12. The van der Waals surface area contributed by atoms with Crippen molar-refractivity contribution < 1.29 is 4.79 Å². The van der Waals surface area contributed by atoms with Crippen molar-refractivity contribution in [3.63, 3.8) is 0 Å². The van der Waals surface area contributed by atoms with Crippen LogP contribution in [-0.4, -0.2) is 38.9 Å². The fraction of sp³-hybridized carbons (Fsp3) is 0.438. The van der Waals surface area contributed by atoms with E-state index in [9.17, 15) is 4.79 Å². The van der Waals surface area contributed by atoms with Gasteiger partial charge in [-0.15, -0.1) is 0 Å². The molecule has 3 rings (SSSR count). The normalized spacial score (nSPS) is 13.8. The fourth-order valence-corrected chi connectivity index (χ4v) is 2.66. The van der Waals surface area contributed by atoms with Crippen molar-refractivity contribution in [3.8, 4) is 0 Å².